The van der Waals surface area contributed by atoms with Crippen LogP contribution in [0.25, 0.3) is 0 Å². The zero-order chi connectivity index (χ0) is 7.82. The van der Waals surface area contributed by atoms with E-state index in [1.54, 1.807) is 11.8 Å². The Morgan fingerprint density at radius 1 is 1.70 bits per heavy atom. The van der Waals surface area contributed by atoms with Crippen LogP contribution in [0, 0.1) is 0 Å². The van der Waals surface area contributed by atoms with Gasteiger partial charge in [0.2, 0.25) is 5.91 Å². The fourth-order valence-corrected chi connectivity index (χ4v) is 0.954. The maximum Gasteiger partial charge on any atom is 0.220 e. The lowest BCUT2D eigenvalue weighted by Crippen LogP contribution is -2.25. The normalized spacial score (nSPS) is 9.40. The molecule has 0 fully saturated rings. The second kappa shape index (κ2) is 7.22. The van der Waals surface area contributed by atoms with Crippen LogP contribution in [0.4, 0.5) is 0 Å². The van der Waals surface area contributed by atoms with Crippen molar-refractivity contribution in [2.24, 2.45) is 0 Å². The summed E-state index contributed by atoms with van der Waals surface area (Å²) in [7, 11) is 0. The molecule has 0 atom stereocenters. The van der Waals surface area contributed by atoms with Crippen LogP contribution < -0.4 is 5.32 Å². The summed E-state index contributed by atoms with van der Waals surface area (Å²) in [5, 5.41) is 2.68. The van der Waals surface area contributed by atoms with Crippen LogP contribution >= 0.6 is 23.4 Å². The van der Waals surface area contributed by atoms with Gasteiger partial charge < -0.3 is 5.32 Å². The van der Waals surface area contributed by atoms with Gasteiger partial charge in [0, 0.05) is 24.6 Å². The van der Waals surface area contributed by atoms with E-state index in [2.05, 4.69) is 5.32 Å². The van der Waals surface area contributed by atoms with Crippen molar-refractivity contribution in [1.29, 1.82) is 0 Å². The van der Waals surface area contributed by atoms with Crippen LogP contribution in [0.15, 0.2) is 0 Å². The fourth-order valence-electron chi connectivity index (χ4n) is 0.470. The molecule has 0 aromatic heterocycles. The minimum atomic E-state index is 0.0926. The lowest BCUT2D eigenvalue weighted by atomic mass is 10.4. The van der Waals surface area contributed by atoms with Gasteiger partial charge in [0.25, 0.3) is 0 Å². The highest BCUT2D eigenvalue weighted by atomic mass is 35.5. The molecule has 4 heteroatoms. The Morgan fingerprint density at radius 3 is 2.90 bits per heavy atom. The van der Waals surface area contributed by atoms with Crippen molar-refractivity contribution in [1.82, 2.24) is 5.32 Å². The summed E-state index contributed by atoms with van der Waals surface area (Å²) >= 11 is 7.03. The van der Waals surface area contributed by atoms with Crippen LogP contribution in [-0.2, 0) is 4.79 Å². The van der Waals surface area contributed by atoms with Crippen LogP contribution in [0.3, 0.4) is 0 Å². The zero-order valence-corrected chi connectivity index (χ0v) is 7.60. The SMILES string of the molecule is CSCCC(=O)NCCCl. The smallest absolute Gasteiger partial charge is 0.220 e. The number of amides is 1. The minimum absolute atomic E-state index is 0.0926. The van der Waals surface area contributed by atoms with Gasteiger partial charge >= 0.3 is 0 Å². The summed E-state index contributed by atoms with van der Waals surface area (Å²) in [5.41, 5.74) is 0. The first-order chi connectivity index (χ1) is 4.81. The molecule has 1 N–H and O–H groups in total. The quantitative estimate of drug-likeness (QED) is 0.644. The number of carbonyl (C=O) groups excluding carboxylic acids is 1. The van der Waals surface area contributed by atoms with Gasteiger partial charge in [-0.25, -0.2) is 0 Å². The second-order valence-corrected chi connectivity index (χ2v) is 3.15. The average Bonchev–Trinajstić information content (AvgIpc) is 1.97. The van der Waals surface area contributed by atoms with E-state index in [1.807, 2.05) is 6.26 Å². The lowest BCUT2D eigenvalue weighted by Gasteiger charge is -1.99. The van der Waals surface area contributed by atoms with E-state index >= 15 is 0 Å². The molecule has 1 amide bonds. The molecule has 0 spiro atoms. The summed E-state index contributed by atoms with van der Waals surface area (Å²) in [4.78, 5) is 10.8. The molecule has 0 aliphatic heterocycles. The summed E-state index contributed by atoms with van der Waals surface area (Å²) < 4.78 is 0. The van der Waals surface area contributed by atoms with Crippen LogP contribution in [0.1, 0.15) is 6.42 Å². The predicted molar refractivity (Wildman–Crippen MR) is 46.7 cm³/mol. The highest BCUT2D eigenvalue weighted by Gasteiger charge is 1.96. The average molecular weight is 182 g/mol. The Kier molecular flexibility index (Phi) is 7.30. The van der Waals surface area contributed by atoms with Crippen LogP contribution in [0.5, 0.6) is 0 Å². The van der Waals surface area contributed by atoms with Gasteiger partial charge in [-0.1, -0.05) is 0 Å². The van der Waals surface area contributed by atoms with Gasteiger partial charge in [-0.05, 0) is 6.26 Å². The monoisotopic (exact) mass is 181 g/mol. The van der Waals surface area contributed by atoms with Gasteiger partial charge in [0.05, 0.1) is 0 Å². The Balaban J connectivity index is 3.09. The summed E-state index contributed by atoms with van der Waals surface area (Å²) in [6, 6.07) is 0. The first kappa shape index (κ1) is 10.1. The third-order valence-corrected chi connectivity index (χ3v) is 1.75. The Hall–Kier alpha value is 0.110. The standard InChI is InChI=1S/C6H12ClNOS/c1-10-5-2-6(9)8-4-3-7/h2-5H2,1H3,(H,8,9). The van der Waals surface area contributed by atoms with E-state index in [-0.39, 0.29) is 5.91 Å². The molecule has 0 unspecified atom stereocenters. The van der Waals surface area contributed by atoms with Crippen molar-refractivity contribution in [3.63, 3.8) is 0 Å². The predicted octanol–water partition coefficient (Wildman–Crippen LogP) is 1.09. The van der Waals surface area contributed by atoms with Crippen molar-refractivity contribution >= 4 is 29.3 Å². The molecule has 0 radical (unpaired) electrons. The third-order valence-electron chi connectivity index (χ3n) is 0.950. The summed E-state index contributed by atoms with van der Waals surface area (Å²) in [6.45, 7) is 0.578. The molecule has 0 rings (SSSR count). The molecule has 60 valence electrons. The number of rotatable bonds is 5. The fraction of sp³-hybridized carbons (Fsp3) is 0.833. The largest absolute Gasteiger partial charge is 0.355 e. The number of carbonyl (C=O) groups is 1. The zero-order valence-electron chi connectivity index (χ0n) is 6.02. The molecular weight excluding hydrogens is 170 g/mol. The topological polar surface area (TPSA) is 29.1 Å². The van der Waals surface area contributed by atoms with Gasteiger partial charge in [-0.2, -0.15) is 11.8 Å². The molecule has 0 aliphatic carbocycles. The van der Waals surface area contributed by atoms with Crippen molar-refractivity contribution in [3.05, 3.63) is 0 Å². The van der Waals surface area contributed by atoms with Crippen LogP contribution in [-0.4, -0.2) is 30.3 Å². The molecule has 0 heterocycles. The summed E-state index contributed by atoms with van der Waals surface area (Å²) in [5.74, 6) is 1.47. The molecule has 0 saturated carbocycles. The Labute approximate surface area is 70.7 Å². The van der Waals surface area contributed by atoms with E-state index in [1.165, 1.54) is 0 Å². The highest BCUT2D eigenvalue weighted by molar-refractivity contribution is 7.98. The van der Waals surface area contributed by atoms with Gasteiger partial charge in [0.15, 0.2) is 0 Å². The second-order valence-electron chi connectivity index (χ2n) is 1.78. The number of alkyl halides is 1. The van der Waals surface area contributed by atoms with Crippen molar-refractivity contribution in [2.45, 2.75) is 6.42 Å². The Bertz CT molecular complexity index is 89.7. The van der Waals surface area contributed by atoms with E-state index in [4.69, 9.17) is 11.6 Å². The molecule has 0 saturated heterocycles. The third kappa shape index (κ3) is 6.23. The van der Waals surface area contributed by atoms with Gasteiger partial charge in [0.1, 0.15) is 0 Å². The van der Waals surface area contributed by atoms with E-state index in [9.17, 15) is 4.79 Å². The van der Waals surface area contributed by atoms with Gasteiger partial charge in [-0.3, -0.25) is 4.79 Å². The highest BCUT2D eigenvalue weighted by Crippen LogP contribution is 1.94. The number of nitrogens with one attached hydrogen (secondary N) is 1. The van der Waals surface area contributed by atoms with Crippen LogP contribution in [0.2, 0.25) is 0 Å². The first-order valence-corrected chi connectivity index (χ1v) is 5.05. The molecular formula is C6H12ClNOS. The number of hydrogen-bond acceptors (Lipinski definition) is 2. The Morgan fingerprint density at radius 2 is 2.40 bits per heavy atom. The molecule has 2 nitrogen and oxygen atoms in total. The minimum Gasteiger partial charge on any atom is -0.355 e. The number of halogens is 1. The van der Waals surface area contributed by atoms with E-state index < -0.39 is 0 Å². The molecule has 0 bridgehead atoms. The summed E-state index contributed by atoms with van der Waals surface area (Å²) in [6.07, 6.45) is 2.58. The first-order valence-electron chi connectivity index (χ1n) is 3.13. The van der Waals surface area contributed by atoms with E-state index in [0.29, 0.717) is 18.8 Å². The van der Waals surface area contributed by atoms with Crippen molar-refractivity contribution in [2.75, 3.05) is 24.4 Å². The molecule has 0 aliphatic rings. The molecule has 0 aromatic rings. The molecule has 0 aromatic carbocycles. The van der Waals surface area contributed by atoms with Crippen molar-refractivity contribution in [3.8, 4) is 0 Å². The van der Waals surface area contributed by atoms with Crippen molar-refractivity contribution < 1.29 is 4.79 Å². The number of hydrogen-bond donors (Lipinski definition) is 1. The van der Waals surface area contributed by atoms with E-state index in [0.717, 1.165) is 5.75 Å². The number of thioether (sulfide) groups is 1. The maximum absolute atomic E-state index is 10.8. The lowest BCUT2D eigenvalue weighted by molar-refractivity contribution is -0.120. The molecule has 10 heavy (non-hydrogen) atoms. The maximum atomic E-state index is 10.8. The van der Waals surface area contributed by atoms with Gasteiger partial charge in [-0.15, -0.1) is 11.6 Å².